The van der Waals surface area contributed by atoms with Gasteiger partial charge in [-0.2, -0.15) is 0 Å². The fourth-order valence-corrected chi connectivity index (χ4v) is 4.04. The molecule has 1 aliphatic heterocycles. The van der Waals surface area contributed by atoms with E-state index in [-0.39, 0.29) is 11.9 Å². The molecular weight excluding hydrogens is 269 g/mol. The van der Waals surface area contributed by atoms with E-state index in [0.717, 1.165) is 24.8 Å². The molecule has 3 rings (SSSR count). The van der Waals surface area contributed by atoms with Gasteiger partial charge in [-0.15, -0.1) is 0 Å². The average Bonchev–Trinajstić information content (AvgIpc) is 2.82. The second-order valence-electron chi connectivity index (χ2n) is 6.46. The number of carboxylic acid groups (broad SMARTS) is 1. The third-order valence-corrected chi connectivity index (χ3v) is 5.09. The van der Waals surface area contributed by atoms with Gasteiger partial charge in [0.05, 0.1) is 0 Å². The van der Waals surface area contributed by atoms with Crippen molar-refractivity contribution in [2.75, 3.05) is 0 Å². The molecule has 1 saturated carbocycles. The molecule has 3 unspecified atom stereocenters. The lowest BCUT2D eigenvalue weighted by molar-refractivity contribution is -0.142. The zero-order valence-corrected chi connectivity index (χ0v) is 12.4. The lowest BCUT2D eigenvalue weighted by Crippen LogP contribution is -2.41. The van der Waals surface area contributed by atoms with Crippen LogP contribution in [0.15, 0.2) is 18.2 Å². The van der Waals surface area contributed by atoms with Gasteiger partial charge >= 0.3 is 5.97 Å². The number of nitrogens with zero attached hydrogens (tertiary/aromatic N) is 1. The minimum Gasteiger partial charge on any atom is -0.480 e. The summed E-state index contributed by atoms with van der Waals surface area (Å²) in [5.41, 5.74) is 1.63. The first kappa shape index (κ1) is 14.5. The Hall–Kier alpha value is -1.42. The lowest BCUT2D eigenvalue weighted by atomic mass is 9.84. The van der Waals surface area contributed by atoms with E-state index in [0.29, 0.717) is 24.1 Å². The summed E-state index contributed by atoms with van der Waals surface area (Å²) in [6, 6.07) is 5.09. The lowest BCUT2D eigenvalue weighted by Gasteiger charge is -2.33. The fraction of sp³-hybridized carbons (Fsp3) is 0.588. The monoisotopic (exact) mass is 291 g/mol. The molecule has 1 N–H and O–H groups in total. The van der Waals surface area contributed by atoms with Gasteiger partial charge in [-0.05, 0) is 49.3 Å². The summed E-state index contributed by atoms with van der Waals surface area (Å²) in [6.45, 7) is 2.36. The Morgan fingerprint density at radius 2 is 2.14 bits per heavy atom. The number of aliphatic carboxylic acids is 1. The van der Waals surface area contributed by atoms with Gasteiger partial charge in [0.25, 0.3) is 0 Å². The van der Waals surface area contributed by atoms with Gasteiger partial charge in [0.2, 0.25) is 0 Å². The Bertz CT molecular complexity index is 546. The van der Waals surface area contributed by atoms with Gasteiger partial charge in [-0.25, -0.2) is 4.39 Å². The predicted molar refractivity (Wildman–Crippen MR) is 78.5 cm³/mol. The van der Waals surface area contributed by atoms with Crippen LogP contribution in [-0.2, 0) is 11.3 Å². The largest absolute Gasteiger partial charge is 0.480 e. The van der Waals surface area contributed by atoms with Crippen molar-refractivity contribution < 1.29 is 14.3 Å². The molecule has 1 aromatic carbocycles. The molecule has 1 aliphatic carbocycles. The third-order valence-electron chi connectivity index (χ3n) is 5.09. The molecule has 1 saturated heterocycles. The molecule has 21 heavy (non-hydrogen) atoms. The van der Waals surface area contributed by atoms with Crippen LogP contribution in [0.3, 0.4) is 0 Å². The number of rotatable bonds is 3. The number of likely N-dealkylation sites (tertiary alicyclic amines) is 1. The van der Waals surface area contributed by atoms with Crippen molar-refractivity contribution in [3.8, 4) is 0 Å². The van der Waals surface area contributed by atoms with E-state index in [1.54, 1.807) is 13.0 Å². The van der Waals surface area contributed by atoms with Crippen LogP contribution in [0, 0.1) is 18.7 Å². The first-order valence-electron chi connectivity index (χ1n) is 7.80. The summed E-state index contributed by atoms with van der Waals surface area (Å²) >= 11 is 0. The standard InChI is InChI=1S/C17H22FNO2/c1-11-8-12(6-7-14(11)18)10-19-15-5-3-2-4-13(15)9-16(19)17(20)21/h6-8,13,15-16H,2-5,9-10H2,1H3,(H,20,21). The van der Waals surface area contributed by atoms with Crippen LogP contribution in [0.4, 0.5) is 4.39 Å². The number of carboxylic acids is 1. The number of carbonyl (C=O) groups is 1. The first-order chi connectivity index (χ1) is 10.1. The number of hydrogen-bond acceptors (Lipinski definition) is 2. The highest BCUT2D eigenvalue weighted by atomic mass is 19.1. The maximum atomic E-state index is 13.4. The molecule has 0 bridgehead atoms. The van der Waals surface area contributed by atoms with E-state index in [1.165, 1.54) is 18.9 Å². The van der Waals surface area contributed by atoms with E-state index in [4.69, 9.17) is 0 Å². The minimum absolute atomic E-state index is 0.203. The van der Waals surface area contributed by atoms with E-state index in [1.807, 2.05) is 6.07 Å². The van der Waals surface area contributed by atoms with Crippen LogP contribution in [0.2, 0.25) is 0 Å². The van der Waals surface area contributed by atoms with Gasteiger partial charge in [0.15, 0.2) is 0 Å². The second kappa shape index (κ2) is 5.76. The Labute approximate surface area is 124 Å². The Kier molecular flexibility index (Phi) is 3.98. The molecule has 2 aliphatic rings. The summed E-state index contributed by atoms with van der Waals surface area (Å²) in [4.78, 5) is 13.7. The van der Waals surface area contributed by atoms with E-state index >= 15 is 0 Å². The Morgan fingerprint density at radius 3 is 2.86 bits per heavy atom. The van der Waals surface area contributed by atoms with Gasteiger partial charge in [-0.3, -0.25) is 9.69 Å². The van der Waals surface area contributed by atoms with Crippen molar-refractivity contribution in [3.63, 3.8) is 0 Å². The predicted octanol–water partition coefficient (Wildman–Crippen LogP) is 3.35. The second-order valence-corrected chi connectivity index (χ2v) is 6.46. The van der Waals surface area contributed by atoms with Gasteiger partial charge < -0.3 is 5.11 Å². The number of aryl methyl sites for hydroxylation is 1. The molecule has 0 aromatic heterocycles. The minimum atomic E-state index is -0.719. The fourth-order valence-electron chi connectivity index (χ4n) is 4.04. The number of hydrogen-bond donors (Lipinski definition) is 1. The SMILES string of the molecule is Cc1cc(CN2C(C(=O)O)CC3CCCCC32)ccc1F. The number of benzene rings is 1. The van der Waals surface area contributed by atoms with E-state index < -0.39 is 5.97 Å². The van der Waals surface area contributed by atoms with Crippen LogP contribution in [-0.4, -0.2) is 28.1 Å². The van der Waals surface area contributed by atoms with Crippen molar-refractivity contribution in [3.05, 3.63) is 35.1 Å². The Balaban J connectivity index is 1.82. The van der Waals surface area contributed by atoms with Crippen molar-refractivity contribution in [1.82, 2.24) is 4.90 Å². The topological polar surface area (TPSA) is 40.5 Å². The summed E-state index contributed by atoms with van der Waals surface area (Å²) in [5, 5.41) is 9.51. The molecule has 1 aromatic rings. The molecule has 4 heteroatoms. The quantitative estimate of drug-likeness (QED) is 0.928. The molecule has 0 radical (unpaired) electrons. The van der Waals surface area contributed by atoms with Crippen LogP contribution >= 0.6 is 0 Å². The summed E-state index contributed by atoms with van der Waals surface area (Å²) in [5.74, 6) is -0.407. The summed E-state index contributed by atoms with van der Waals surface area (Å²) in [7, 11) is 0. The van der Waals surface area contributed by atoms with E-state index in [2.05, 4.69) is 4.90 Å². The zero-order valence-electron chi connectivity index (χ0n) is 12.4. The van der Waals surface area contributed by atoms with Crippen molar-refractivity contribution >= 4 is 5.97 Å². The average molecular weight is 291 g/mol. The molecule has 114 valence electrons. The van der Waals surface area contributed by atoms with Crippen molar-refractivity contribution in [2.24, 2.45) is 5.92 Å². The molecule has 2 fully saturated rings. The van der Waals surface area contributed by atoms with Gasteiger partial charge in [-0.1, -0.05) is 25.0 Å². The van der Waals surface area contributed by atoms with Crippen LogP contribution < -0.4 is 0 Å². The maximum Gasteiger partial charge on any atom is 0.320 e. The molecule has 3 atom stereocenters. The zero-order chi connectivity index (χ0) is 15.0. The van der Waals surface area contributed by atoms with Crippen molar-refractivity contribution in [1.29, 1.82) is 0 Å². The molecule has 0 spiro atoms. The number of fused-ring (bicyclic) bond motifs is 1. The maximum absolute atomic E-state index is 13.4. The highest BCUT2D eigenvalue weighted by molar-refractivity contribution is 5.74. The summed E-state index contributed by atoms with van der Waals surface area (Å²) < 4.78 is 13.4. The van der Waals surface area contributed by atoms with Crippen LogP contribution in [0.5, 0.6) is 0 Å². The van der Waals surface area contributed by atoms with E-state index in [9.17, 15) is 14.3 Å². The molecular formula is C17H22FNO2. The normalized spacial score (nSPS) is 29.3. The summed E-state index contributed by atoms with van der Waals surface area (Å²) in [6.07, 6.45) is 5.41. The Morgan fingerprint density at radius 1 is 1.38 bits per heavy atom. The molecule has 1 heterocycles. The van der Waals surface area contributed by atoms with Crippen molar-refractivity contribution in [2.45, 2.75) is 57.7 Å². The van der Waals surface area contributed by atoms with Gasteiger partial charge in [0, 0.05) is 12.6 Å². The number of halogens is 1. The smallest absolute Gasteiger partial charge is 0.320 e. The van der Waals surface area contributed by atoms with Crippen LogP contribution in [0.25, 0.3) is 0 Å². The highest BCUT2D eigenvalue weighted by Crippen LogP contribution is 2.40. The molecule has 3 nitrogen and oxygen atoms in total. The van der Waals surface area contributed by atoms with Gasteiger partial charge in [0.1, 0.15) is 11.9 Å². The third kappa shape index (κ3) is 2.82. The first-order valence-corrected chi connectivity index (χ1v) is 7.80. The van der Waals surface area contributed by atoms with Crippen LogP contribution in [0.1, 0.15) is 43.2 Å². The molecule has 0 amide bonds. The highest BCUT2D eigenvalue weighted by Gasteiger charge is 2.44.